The van der Waals surface area contributed by atoms with Crippen LogP contribution in [0.2, 0.25) is 0 Å². The van der Waals surface area contributed by atoms with Crippen molar-refractivity contribution in [1.82, 2.24) is 16.0 Å². The van der Waals surface area contributed by atoms with E-state index < -0.39 is 37.1 Å². The lowest BCUT2D eigenvalue weighted by molar-refractivity contribution is -0.137. The van der Waals surface area contributed by atoms with E-state index >= 15 is 0 Å². The summed E-state index contributed by atoms with van der Waals surface area (Å²) in [6.07, 6.45) is 11.2. The van der Waals surface area contributed by atoms with E-state index in [4.69, 9.17) is 9.79 Å². The number of hydrogen-bond acceptors (Lipinski definition) is 7. The van der Waals surface area contributed by atoms with Crippen molar-refractivity contribution in [3.63, 3.8) is 0 Å². The number of carbonyl (C=O) groups excluding carboxylic acids is 3. The van der Waals surface area contributed by atoms with Gasteiger partial charge in [0.1, 0.15) is 6.10 Å². The van der Waals surface area contributed by atoms with E-state index in [0.29, 0.717) is 6.42 Å². The number of amides is 3. The van der Waals surface area contributed by atoms with Crippen LogP contribution in [0, 0.1) is 5.41 Å². The third-order valence-electron chi connectivity index (χ3n) is 5.51. The van der Waals surface area contributed by atoms with Crippen LogP contribution in [0.15, 0.2) is 12.2 Å². The van der Waals surface area contributed by atoms with Gasteiger partial charge in [0.2, 0.25) is 17.7 Å². The van der Waals surface area contributed by atoms with Crippen molar-refractivity contribution in [2.45, 2.75) is 89.9 Å². The molecule has 2 atom stereocenters. The second-order valence-electron chi connectivity index (χ2n) is 9.60. The molecule has 0 radical (unpaired) electrons. The molecule has 13 heteroatoms. The summed E-state index contributed by atoms with van der Waals surface area (Å²) in [6, 6.07) is 0. The van der Waals surface area contributed by atoms with Gasteiger partial charge in [0.25, 0.3) is 0 Å². The van der Waals surface area contributed by atoms with Gasteiger partial charge in [0, 0.05) is 31.5 Å². The summed E-state index contributed by atoms with van der Waals surface area (Å²) >= 11 is 4.36. The highest BCUT2D eigenvalue weighted by Gasteiger charge is 2.35. The van der Waals surface area contributed by atoms with Crippen LogP contribution in [0.25, 0.3) is 0 Å². The molecule has 3 amide bonds. The van der Waals surface area contributed by atoms with Gasteiger partial charge in [-0.3, -0.25) is 18.9 Å². The molecule has 0 aliphatic rings. The van der Waals surface area contributed by atoms with Gasteiger partial charge in [-0.25, -0.2) is 4.57 Å². The van der Waals surface area contributed by atoms with Crippen molar-refractivity contribution < 1.29 is 38.4 Å². The molecule has 0 aliphatic heterocycles. The second kappa shape index (κ2) is 19.6. The third kappa shape index (κ3) is 19.3. The van der Waals surface area contributed by atoms with Gasteiger partial charge in [0.15, 0.2) is 0 Å². The number of phosphoric ester groups is 1. The predicted octanol–water partition coefficient (Wildman–Crippen LogP) is 2.22. The fraction of sp³-hybridized carbons (Fsp3) is 0.792. The third-order valence-corrected chi connectivity index (χ3v) is 6.47. The molecule has 37 heavy (non-hydrogen) atoms. The fourth-order valence-corrected chi connectivity index (χ4v) is 3.94. The predicted molar refractivity (Wildman–Crippen MR) is 146 cm³/mol. The Balaban J connectivity index is 3.94. The number of phosphoric acid groups is 1. The molecule has 0 fully saturated rings. The first-order valence-corrected chi connectivity index (χ1v) is 14.9. The minimum Gasteiger partial charge on any atom is -0.383 e. The molecule has 216 valence electrons. The summed E-state index contributed by atoms with van der Waals surface area (Å²) in [6.45, 7) is 4.88. The van der Waals surface area contributed by atoms with Crippen LogP contribution < -0.4 is 16.0 Å². The molecule has 0 aliphatic carbocycles. The number of aliphatic hydroxyl groups excluding tert-OH is 1. The second-order valence-corrected chi connectivity index (χ2v) is 11.5. The maximum absolute atomic E-state index is 12.1. The highest BCUT2D eigenvalue weighted by Crippen LogP contribution is 2.38. The molecular formula is C24H46N3O8PS. The molecule has 0 saturated heterocycles. The molecule has 0 bridgehead atoms. The Morgan fingerprint density at radius 3 is 2.19 bits per heavy atom. The van der Waals surface area contributed by atoms with Crippen molar-refractivity contribution in [2.75, 3.05) is 26.2 Å². The zero-order valence-electron chi connectivity index (χ0n) is 22.3. The minimum atomic E-state index is -4.73. The zero-order valence-corrected chi connectivity index (χ0v) is 24.1. The molecule has 0 aromatic carbocycles. The number of aliphatic hydroxyl groups is 1. The number of hydrogen-bond donors (Lipinski definition) is 7. The van der Waals surface area contributed by atoms with Gasteiger partial charge >= 0.3 is 7.82 Å². The average Bonchev–Trinajstić information content (AvgIpc) is 2.83. The van der Waals surface area contributed by atoms with E-state index in [9.17, 15) is 24.1 Å². The molecule has 6 N–H and O–H groups in total. The zero-order chi connectivity index (χ0) is 28.3. The smallest absolute Gasteiger partial charge is 0.383 e. The van der Waals surface area contributed by atoms with Gasteiger partial charge in [0.05, 0.1) is 11.9 Å². The molecule has 0 spiro atoms. The molecule has 0 saturated carbocycles. The van der Waals surface area contributed by atoms with Gasteiger partial charge in [-0.05, 0) is 25.7 Å². The number of carbonyl (C=O) groups is 3. The van der Waals surface area contributed by atoms with Crippen molar-refractivity contribution in [2.24, 2.45) is 5.41 Å². The number of thiol groups is 1. The topological polar surface area (TPSA) is 174 Å². The highest BCUT2D eigenvalue weighted by molar-refractivity contribution is 7.81. The van der Waals surface area contributed by atoms with Crippen LogP contribution in [-0.4, -0.2) is 70.2 Å². The first-order valence-electron chi connectivity index (χ1n) is 12.8. The molecule has 0 aromatic rings. The Bertz CT molecular complexity index is 760. The van der Waals surface area contributed by atoms with Crippen LogP contribution in [0.4, 0.5) is 0 Å². The quantitative estimate of drug-likeness (QED) is 0.0478. The molecule has 0 heterocycles. The van der Waals surface area contributed by atoms with Crippen molar-refractivity contribution in [3.8, 4) is 0 Å². The van der Waals surface area contributed by atoms with Crippen LogP contribution in [-0.2, 0) is 23.5 Å². The van der Waals surface area contributed by atoms with E-state index in [1.54, 1.807) is 0 Å². The Hall–Kier alpha value is -1.43. The summed E-state index contributed by atoms with van der Waals surface area (Å²) in [5.41, 5.74) is -1.26. The number of unbranched alkanes of at least 4 members (excludes halogenated alkanes) is 5. The largest absolute Gasteiger partial charge is 0.469 e. The lowest BCUT2D eigenvalue weighted by atomic mass is 9.87. The van der Waals surface area contributed by atoms with E-state index in [0.717, 1.165) is 38.5 Å². The van der Waals surface area contributed by atoms with E-state index in [-0.39, 0.29) is 37.9 Å². The Morgan fingerprint density at radius 2 is 1.54 bits per heavy atom. The Kier molecular flexibility index (Phi) is 18.9. The fourth-order valence-electron chi connectivity index (χ4n) is 3.16. The monoisotopic (exact) mass is 567 g/mol. The Morgan fingerprint density at radius 1 is 0.946 bits per heavy atom. The van der Waals surface area contributed by atoms with Gasteiger partial charge in [-0.1, -0.05) is 58.6 Å². The summed E-state index contributed by atoms with van der Waals surface area (Å²) in [5.74, 6) is -1.31. The SMILES string of the molecule is CCC/C=C\CCCCCC[C@@H](S)C(=O)NCCNC(=O)CCNC(=O)[C@H](O)C(C)(C)COP(=O)(O)O. The van der Waals surface area contributed by atoms with Crippen LogP contribution in [0.3, 0.4) is 0 Å². The standard InChI is InChI=1S/C24H46N3O8PS/c1-4-5-6-7-8-9-10-11-12-13-19(37)22(30)27-17-16-25-20(28)14-15-26-23(31)21(29)24(2,3)18-35-36(32,33)34/h6-7,19,21,29,37H,4-5,8-18H2,1-3H3,(H,25,28)(H,26,31)(H,27,30)(H2,32,33,34)/b7-6-/t19-,21+/m1/s1. The van der Waals surface area contributed by atoms with Crippen LogP contribution >= 0.6 is 20.5 Å². The number of allylic oxidation sites excluding steroid dienone is 2. The first-order chi connectivity index (χ1) is 17.3. The van der Waals surface area contributed by atoms with Crippen molar-refractivity contribution >= 4 is 38.2 Å². The van der Waals surface area contributed by atoms with Crippen LogP contribution in [0.5, 0.6) is 0 Å². The molecule has 0 unspecified atom stereocenters. The summed E-state index contributed by atoms with van der Waals surface area (Å²) in [7, 11) is -4.73. The first kappa shape index (κ1) is 35.6. The van der Waals surface area contributed by atoms with Gasteiger partial charge in [-0.2, -0.15) is 12.6 Å². The molecular weight excluding hydrogens is 521 g/mol. The van der Waals surface area contributed by atoms with Crippen LogP contribution in [0.1, 0.15) is 78.6 Å². The average molecular weight is 568 g/mol. The van der Waals surface area contributed by atoms with Gasteiger partial charge < -0.3 is 30.8 Å². The normalized spacial score (nSPS) is 13.8. The number of rotatable bonds is 21. The lowest BCUT2D eigenvalue weighted by Gasteiger charge is -2.29. The summed E-state index contributed by atoms with van der Waals surface area (Å²) < 4.78 is 15.2. The minimum absolute atomic E-state index is 0.0444. The maximum atomic E-state index is 12.1. The molecule has 11 nitrogen and oxygen atoms in total. The summed E-state index contributed by atoms with van der Waals surface area (Å²) in [4.78, 5) is 53.6. The maximum Gasteiger partial charge on any atom is 0.469 e. The lowest BCUT2D eigenvalue weighted by Crippen LogP contribution is -2.46. The molecule has 0 aromatic heterocycles. The van der Waals surface area contributed by atoms with Crippen molar-refractivity contribution in [3.05, 3.63) is 12.2 Å². The Labute approximate surface area is 226 Å². The highest BCUT2D eigenvalue weighted by atomic mass is 32.1. The van der Waals surface area contributed by atoms with E-state index in [2.05, 4.69) is 52.2 Å². The molecule has 0 rings (SSSR count). The van der Waals surface area contributed by atoms with E-state index in [1.165, 1.54) is 20.3 Å². The van der Waals surface area contributed by atoms with Gasteiger partial charge in [-0.15, -0.1) is 0 Å². The summed E-state index contributed by atoms with van der Waals surface area (Å²) in [5, 5.41) is 17.5. The van der Waals surface area contributed by atoms with E-state index in [1.807, 2.05) is 0 Å². The number of nitrogens with one attached hydrogen (secondary N) is 3. The van der Waals surface area contributed by atoms with Crippen molar-refractivity contribution in [1.29, 1.82) is 0 Å².